The summed E-state index contributed by atoms with van der Waals surface area (Å²) in [6, 6.07) is 11.5. The SMILES string of the molecule is CCCOc1cccc(NC(=O)c2ccc(N3CCN(C(C)=O)CC3)c([N+](=O)[O-])c2)c1. The molecule has 0 aliphatic carbocycles. The Morgan fingerprint density at radius 3 is 2.52 bits per heavy atom. The summed E-state index contributed by atoms with van der Waals surface area (Å²) in [5, 5.41) is 14.4. The zero-order valence-electron chi connectivity index (χ0n) is 17.7. The second kappa shape index (κ2) is 9.92. The lowest BCUT2D eigenvalue weighted by molar-refractivity contribution is -0.384. The van der Waals surface area contributed by atoms with E-state index in [4.69, 9.17) is 4.74 Å². The summed E-state index contributed by atoms with van der Waals surface area (Å²) < 4.78 is 5.57. The summed E-state index contributed by atoms with van der Waals surface area (Å²) in [5.41, 5.74) is 1.05. The molecule has 0 radical (unpaired) electrons. The summed E-state index contributed by atoms with van der Waals surface area (Å²) in [6.07, 6.45) is 0.871. The molecule has 2 amide bonds. The summed E-state index contributed by atoms with van der Waals surface area (Å²) in [7, 11) is 0. The Kier molecular flexibility index (Phi) is 7.07. The van der Waals surface area contributed by atoms with E-state index in [-0.39, 0.29) is 17.2 Å². The van der Waals surface area contributed by atoms with Gasteiger partial charge < -0.3 is 19.9 Å². The third kappa shape index (κ3) is 5.50. The molecule has 0 atom stereocenters. The highest BCUT2D eigenvalue weighted by Crippen LogP contribution is 2.30. The molecular formula is C22H26N4O5. The third-order valence-corrected chi connectivity index (χ3v) is 5.06. The van der Waals surface area contributed by atoms with Crippen molar-refractivity contribution in [2.45, 2.75) is 20.3 Å². The Morgan fingerprint density at radius 2 is 1.87 bits per heavy atom. The first-order valence-corrected chi connectivity index (χ1v) is 10.2. The first kappa shape index (κ1) is 22.1. The standard InChI is InChI=1S/C22H26N4O5/c1-3-13-31-19-6-4-5-18(15-19)23-22(28)17-7-8-20(21(14-17)26(29)30)25-11-9-24(10-12-25)16(2)27/h4-8,14-15H,3,9-13H2,1-2H3,(H,23,28). The molecule has 2 aromatic carbocycles. The monoisotopic (exact) mass is 426 g/mol. The van der Waals surface area contributed by atoms with Gasteiger partial charge in [0.15, 0.2) is 0 Å². The van der Waals surface area contributed by atoms with Crippen LogP contribution in [0, 0.1) is 10.1 Å². The molecular weight excluding hydrogens is 400 g/mol. The topological polar surface area (TPSA) is 105 Å². The summed E-state index contributed by atoms with van der Waals surface area (Å²) in [5.74, 6) is 0.194. The Labute approximate surface area is 180 Å². The molecule has 1 fully saturated rings. The van der Waals surface area contributed by atoms with E-state index in [2.05, 4.69) is 5.32 Å². The maximum Gasteiger partial charge on any atom is 0.293 e. The Balaban J connectivity index is 1.75. The predicted octanol–water partition coefficient (Wildman–Crippen LogP) is 3.30. The van der Waals surface area contributed by atoms with Crippen molar-refractivity contribution < 1.29 is 19.2 Å². The zero-order chi connectivity index (χ0) is 22.4. The Bertz CT molecular complexity index is 970. The molecule has 0 saturated carbocycles. The summed E-state index contributed by atoms with van der Waals surface area (Å²) in [6.45, 7) is 6.09. The lowest BCUT2D eigenvalue weighted by atomic mass is 10.1. The van der Waals surface area contributed by atoms with E-state index in [9.17, 15) is 19.7 Å². The number of amides is 2. The van der Waals surface area contributed by atoms with Gasteiger partial charge in [-0.3, -0.25) is 19.7 Å². The van der Waals surface area contributed by atoms with Gasteiger partial charge in [0.05, 0.1) is 11.5 Å². The molecule has 1 heterocycles. The van der Waals surface area contributed by atoms with E-state index in [1.165, 1.54) is 13.0 Å². The quantitative estimate of drug-likeness (QED) is 0.538. The fourth-order valence-corrected chi connectivity index (χ4v) is 3.43. The van der Waals surface area contributed by atoms with Gasteiger partial charge in [0.1, 0.15) is 11.4 Å². The van der Waals surface area contributed by atoms with Gasteiger partial charge in [-0.05, 0) is 30.7 Å². The van der Waals surface area contributed by atoms with Gasteiger partial charge in [0.25, 0.3) is 11.6 Å². The number of nitro benzene ring substituents is 1. The molecule has 0 aromatic heterocycles. The normalized spacial score (nSPS) is 13.6. The molecule has 2 aromatic rings. The van der Waals surface area contributed by atoms with Crippen LogP contribution >= 0.6 is 0 Å². The molecule has 1 aliphatic rings. The van der Waals surface area contributed by atoms with E-state index < -0.39 is 10.8 Å². The molecule has 1 aliphatic heterocycles. The van der Waals surface area contributed by atoms with Crippen LogP contribution in [0.3, 0.4) is 0 Å². The van der Waals surface area contributed by atoms with Gasteiger partial charge in [-0.15, -0.1) is 0 Å². The number of anilines is 2. The number of nitro groups is 1. The third-order valence-electron chi connectivity index (χ3n) is 5.06. The number of carbonyl (C=O) groups excluding carboxylic acids is 2. The van der Waals surface area contributed by atoms with Crippen molar-refractivity contribution in [3.8, 4) is 5.75 Å². The number of ether oxygens (including phenoxy) is 1. The number of nitrogens with one attached hydrogen (secondary N) is 1. The number of piperazine rings is 1. The van der Waals surface area contributed by atoms with Crippen molar-refractivity contribution in [2.24, 2.45) is 0 Å². The number of hydrogen-bond acceptors (Lipinski definition) is 6. The highest BCUT2D eigenvalue weighted by molar-refractivity contribution is 6.05. The summed E-state index contributed by atoms with van der Waals surface area (Å²) in [4.78, 5) is 39.0. The van der Waals surface area contributed by atoms with Crippen molar-refractivity contribution in [1.29, 1.82) is 0 Å². The molecule has 9 nitrogen and oxygen atoms in total. The number of benzene rings is 2. The average Bonchev–Trinajstić information content (AvgIpc) is 2.77. The molecule has 3 rings (SSSR count). The second-order valence-corrected chi connectivity index (χ2v) is 7.28. The average molecular weight is 426 g/mol. The lowest BCUT2D eigenvalue weighted by Crippen LogP contribution is -2.48. The minimum Gasteiger partial charge on any atom is -0.494 e. The van der Waals surface area contributed by atoms with Crippen molar-refractivity contribution in [1.82, 2.24) is 4.90 Å². The first-order chi connectivity index (χ1) is 14.9. The maximum atomic E-state index is 12.7. The zero-order valence-corrected chi connectivity index (χ0v) is 17.7. The van der Waals surface area contributed by atoms with E-state index in [1.54, 1.807) is 41.3 Å². The second-order valence-electron chi connectivity index (χ2n) is 7.28. The fraction of sp³-hybridized carbons (Fsp3) is 0.364. The Hall–Kier alpha value is -3.62. The highest BCUT2D eigenvalue weighted by Gasteiger charge is 2.26. The lowest BCUT2D eigenvalue weighted by Gasteiger charge is -2.35. The van der Waals surface area contributed by atoms with Crippen LogP contribution < -0.4 is 15.0 Å². The predicted molar refractivity (Wildman–Crippen MR) is 118 cm³/mol. The smallest absolute Gasteiger partial charge is 0.293 e. The van der Waals surface area contributed by atoms with E-state index in [0.29, 0.717) is 49.9 Å². The molecule has 164 valence electrons. The van der Waals surface area contributed by atoms with Crippen LogP contribution in [0.2, 0.25) is 0 Å². The van der Waals surface area contributed by atoms with Crippen LogP contribution in [0.5, 0.6) is 5.75 Å². The van der Waals surface area contributed by atoms with Crippen LogP contribution in [-0.2, 0) is 4.79 Å². The van der Waals surface area contributed by atoms with Crippen LogP contribution in [0.1, 0.15) is 30.6 Å². The minimum absolute atomic E-state index is 0.00895. The van der Waals surface area contributed by atoms with Crippen molar-refractivity contribution in [3.63, 3.8) is 0 Å². The van der Waals surface area contributed by atoms with E-state index >= 15 is 0 Å². The van der Waals surface area contributed by atoms with Crippen molar-refractivity contribution in [3.05, 3.63) is 58.1 Å². The van der Waals surface area contributed by atoms with Gasteiger partial charge in [-0.2, -0.15) is 0 Å². The Morgan fingerprint density at radius 1 is 1.13 bits per heavy atom. The summed E-state index contributed by atoms with van der Waals surface area (Å²) >= 11 is 0. The fourth-order valence-electron chi connectivity index (χ4n) is 3.43. The van der Waals surface area contributed by atoms with Crippen LogP contribution in [0.15, 0.2) is 42.5 Å². The first-order valence-electron chi connectivity index (χ1n) is 10.2. The molecule has 1 saturated heterocycles. The van der Waals surface area contributed by atoms with Crippen molar-refractivity contribution in [2.75, 3.05) is 43.0 Å². The molecule has 1 N–H and O–H groups in total. The minimum atomic E-state index is -0.483. The molecule has 0 bridgehead atoms. The number of nitrogens with zero attached hydrogens (tertiary/aromatic N) is 3. The van der Waals surface area contributed by atoms with Gasteiger partial charge in [0.2, 0.25) is 5.91 Å². The van der Waals surface area contributed by atoms with Gasteiger partial charge in [0, 0.05) is 56.5 Å². The number of rotatable bonds is 7. The highest BCUT2D eigenvalue weighted by atomic mass is 16.6. The van der Waals surface area contributed by atoms with Crippen molar-refractivity contribution >= 4 is 28.9 Å². The maximum absolute atomic E-state index is 12.7. The van der Waals surface area contributed by atoms with Crippen LogP contribution in [-0.4, -0.2) is 54.4 Å². The number of hydrogen-bond donors (Lipinski definition) is 1. The van der Waals surface area contributed by atoms with Gasteiger partial charge in [-0.1, -0.05) is 13.0 Å². The van der Waals surface area contributed by atoms with Crippen LogP contribution in [0.4, 0.5) is 17.1 Å². The molecule has 0 unspecified atom stereocenters. The van der Waals surface area contributed by atoms with Crippen LogP contribution in [0.25, 0.3) is 0 Å². The molecule has 31 heavy (non-hydrogen) atoms. The van der Waals surface area contributed by atoms with Gasteiger partial charge in [-0.25, -0.2) is 0 Å². The number of carbonyl (C=O) groups is 2. The largest absolute Gasteiger partial charge is 0.494 e. The molecule has 0 spiro atoms. The van der Waals surface area contributed by atoms with Gasteiger partial charge >= 0.3 is 0 Å². The van der Waals surface area contributed by atoms with E-state index in [0.717, 1.165) is 6.42 Å². The van der Waals surface area contributed by atoms with E-state index in [1.807, 2.05) is 11.8 Å². The molecule has 9 heteroatoms.